The first-order valence-electron chi connectivity index (χ1n) is 14.0. The van der Waals surface area contributed by atoms with E-state index in [-0.39, 0.29) is 22.9 Å². The number of imidazole rings is 1. The van der Waals surface area contributed by atoms with Crippen LogP contribution in [0.1, 0.15) is 22.6 Å². The number of hydrogen-bond donors (Lipinski definition) is 1. The number of ether oxygens (including phenoxy) is 1. The van der Waals surface area contributed by atoms with Gasteiger partial charge in [-0.05, 0) is 84.3 Å². The maximum absolute atomic E-state index is 14.4. The number of anilines is 1. The largest absolute Gasteiger partial charge is 0.508 e. The summed E-state index contributed by atoms with van der Waals surface area (Å²) in [7, 11) is -0.513. The van der Waals surface area contributed by atoms with Crippen molar-refractivity contribution in [2.24, 2.45) is 7.05 Å². The van der Waals surface area contributed by atoms with Crippen LogP contribution in [0.15, 0.2) is 101 Å². The maximum Gasteiger partial charge on any atom is 0.243 e. The molecule has 1 atom stereocenters. The zero-order valence-corrected chi connectivity index (χ0v) is 25.1. The third-order valence-corrected chi connectivity index (χ3v) is 9.84. The summed E-state index contributed by atoms with van der Waals surface area (Å²) in [6, 6.07) is 24.0. The summed E-state index contributed by atoms with van der Waals surface area (Å²) in [6.45, 7) is 1.01. The lowest BCUT2D eigenvalue weighted by atomic mass is 10.1. The quantitative estimate of drug-likeness (QED) is 0.258. The number of aryl methyl sites for hydroxylation is 1. The zero-order chi connectivity index (χ0) is 30.8. The second-order valence-electron chi connectivity index (χ2n) is 10.7. The lowest BCUT2D eigenvalue weighted by Gasteiger charge is -2.32. The Hall–Kier alpha value is -5.05. The molecule has 0 bridgehead atoms. The molecule has 0 amide bonds. The molecule has 0 fully saturated rings. The minimum Gasteiger partial charge on any atom is -0.508 e. The smallest absolute Gasteiger partial charge is 0.243 e. The van der Waals surface area contributed by atoms with Gasteiger partial charge < -0.3 is 23.7 Å². The topological polar surface area (TPSA) is 125 Å². The van der Waals surface area contributed by atoms with Crippen molar-refractivity contribution in [3.05, 3.63) is 114 Å². The highest BCUT2D eigenvalue weighted by atomic mass is 32.2. The highest BCUT2D eigenvalue weighted by Crippen LogP contribution is 2.36. The average Bonchev–Trinajstić information content (AvgIpc) is 3.65. The number of nitriles is 1. The molecule has 1 aliphatic rings. The molecule has 44 heavy (non-hydrogen) atoms. The molecule has 1 N–H and O–H groups in total. The van der Waals surface area contributed by atoms with Crippen LogP contribution in [-0.4, -0.2) is 47.1 Å². The SMILES string of the molecule is COc1ccc(S(=O)(=O)N2Cc3cc(-c4ccc(C#N)o4)ccc3N(Cc3cncn3C)C[C@H]2Cc2ccc(O)cc2)cc1. The second-order valence-corrected chi connectivity index (χ2v) is 12.6. The number of aromatic nitrogens is 2. The fraction of sp³-hybridized carbons (Fsp3) is 0.212. The average molecular weight is 610 g/mol. The number of benzene rings is 3. The van der Waals surface area contributed by atoms with Crippen LogP contribution in [-0.2, 0) is 36.6 Å². The number of rotatable bonds is 8. The van der Waals surface area contributed by atoms with Crippen molar-refractivity contribution in [1.29, 1.82) is 5.26 Å². The molecule has 224 valence electrons. The van der Waals surface area contributed by atoms with Crippen molar-refractivity contribution in [2.75, 3.05) is 18.6 Å². The number of furan rings is 1. The molecule has 0 saturated heterocycles. The Morgan fingerprint density at radius 1 is 1.07 bits per heavy atom. The van der Waals surface area contributed by atoms with Crippen LogP contribution in [0.5, 0.6) is 11.5 Å². The van der Waals surface area contributed by atoms with Gasteiger partial charge >= 0.3 is 0 Å². The highest BCUT2D eigenvalue weighted by molar-refractivity contribution is 7.89. The van der Waals surface area contributed by atoms with Crippen LogP contribution < -0.4 is 9.64 Å². The predicted octanol–water partition coefficient (Wildman–Crippen LogP) is 5.09. The summed E-state index contributed by atoms with van der Waals surface area (Å²) in [5.74, 6) is 1.43. The van der Waals surface area contributed by atoms with Crippen molar-refractivity contribution in [3.63, 3.8) is 0 Å². The van der Waals surface area contributed by atoms with Gasteiger partial charge in [0.15, 0.2) is 0 Å². The number of sulfonamides is 1. The van der Waals surface area contributed by atoms with E-state index in [1.54, 1.807) is 59.2 Å². The molecule has 0 aliphatic carbocycles. The molecular formula is C33H31N5O5S. The van der Waals surface area contributed by atoms with E-state index in [2.05, 4.69) is 9.88 Å². The van der Waals surface area contributed by atoms with Gasteiger partial charge in [-0.1, -0.05) is 12.1 Å². The molecule has 0 saturated carbocycles. The molecule has 1 aliphatic heterocycles. The van der Waals surface area contributed by atoms with Gasteiger partial charge in [0.1, 0.15) is 23.3 Å². The Balaban J connectivity index is 1.48. The lowest BCUT2D eigenvalue weighted by Crippen LogP contribution is -2.45. The third kappa shape index (κ3) is 5.77. The molecule has 3 aromatic carbocycles. The molecule has 11 heteroatoms. The maximum atomic E-state index is 14.4. The summed E-state index contributed by atoms with van der Waals surface area (Å²) in [5.41, 5.74) is 4.30. The molecule has 5 aromatic rings. The van der Waals surface area contributed by atoms with Gasteiger partial charge in [0.25, 0.3) is 0 Å². The van der Waals surface area contributed by atoms with E-state index in [0.29, 0.717) is 31.0 Å². The van der Waals surface area contributed by atoms with E-state index in [0.717, 1.165) is 28.1 Å². The van der Waals surface area contributed by atoms with E-state index in [9.17, 15) is 18.8 Å². The first kappa shape index (κ1) is 29.0. The Morgan fingerprint density at radius 2 is 1.84 bits per heavy atom. The molecule has 0 unspecified atom stereocenters. The minimum atomic E-state index is -3.98. The normalized spacial score (nSPS) is 15.4. The van der Waals surface area contributed by atoms with E-state index in [1.165, 1.54) is 7.11 Å². The van der Waals surface area contributed by atoms with Crippen molar-refractivity contribution in [2.45, 2.75) is 30.4 Å². The van der Waals surface area contributed by atoms with Crippen molar-refractivity contribution in [1.82, 2.24) is 13.9 Å². The molecule has 2 aromatic heterocycles. The monoisotopic (exact) mass is 609 g/mol. The minimum absolute atomic E-state index is 0.105. The summed E-state index contributed by atoms with van der Waals surface area (Å²) in [6.07, 6.45) is 3.98. The van der Waals surface area contributed by atoms with Crippen LogP contribution in [0.25, 0.3) is 11.3 Å². The van der Waals surface area contributed by atoms with Crippen LogP contribution in [0.3, 0.4) is 0 Å². The van der Waals surface area contributed by atoms with Crippen molar-refractivity contribution >= 4 is 15.7 Å². The first-order chi connectivity index (χ1) is 21.2. The summed E-state index contributed by atoms with van der Waals surface area (Å²) in [4.78, 5) is 6.64. The van der Waals surface area contributed by atoms with Gasteiger partial charge in [0.05, 0.1) is 30.6 Å². The Morgan fingerprint density at radius 3 is 2.50 bits per heavy atom. The van der Waals surface area contributed by atoms with E-state index in [1.807, 2.05) is 54.2 Å². The fourth-order valence-electron chi connectivity index (χ4n) is 5.58. The number of hydrogen-bond acceptors (Lipinski definition) is 8. The second kappa shape index (κ2) is 11.9. The summed E-state index contributed by atoms with van der Waals surface area (Å²) >= 11 is 0. The van der Waals surface area contributed by atoms with Gasteiger partial charge in [-0.25, -0.2) is 13.4 Å². The fourth-order valence-corrected chi connectivity index (χ4v) is 7.18. The number of methoxy groups -OCH3 is 1. The van der Waals surface area contributed by atoms with Crippen molar-refractivity contribution in [3.8, 4) is 28.9 Å². The molecule has 10 nitrogen and oxygen atoms in total. The molecule has 0 spiro atoms. The van der Waals surface area contributed by atoms with E-state index in [4.69, 9.17) is 9.15 Å². The van der Waals surface area contributed by atoms with Gasteiger partial charge in [-0.3, -0.25) is 0 Å². The number of aromatic hydroxyl groups is 1. The van der Waals surface area contributed by atoms with Crippen LogP contribution in [0.4, 0.5) is 5.69 Å². The molecule has 0 radical (unpaired) electrons. The Bertz CT molecular complexity index is 1920. The summed E-state index contributed by atoms with van der Waals surface area (Å²) < 4.78 is 43.4. The predicted molar refractivity (Wildman–Crippen MR) is 164 cm³/mol. The van der Waals surface area contributed by atoms with Crippen LogP contribution >= 0.6 is 0 Å². The number of fused-ring (bicyclic) bond motifs is 1. The highest BCUT2D eigenvalue weighted by Gasteiger charge is 2.37. The van der Waals surface area contributed by atoms with Gasteiger partial charge in [-0.2, -0.15) is 9.57 Å². The van der Waals surface area contributed by atoms with Gasteiger partial charge in [0, 0.05) is 43.6 Å². The molecule has 6 rings (SSSR count). The van der Waals surface area contributed by atoms with Crippen LogP contribution in [0, 0.1) is 11.3 Å². The van der Waals surface area contributed by atoms with Gasteiger partial charge in [-0.15, -0.1) is 0 Å². The van der Waals surface area contributed by atoms with Gasteiger partial charge in [0.2, 0.25) is 15.8 Å². The Kier molecular flexibility index (Phi) is 7.86. The third-order valence-electron chi connectivity index (χ3n) is 7.93. The lowest BCUT2D eigenvalue weighted by molar-refractivity contribution is 0.317. The number of phenolic OH excluding ortho intramolecular Hbond substituents is 1. The molecular weight excluding hydrogens is 578 g/mol. The Labute approximate surface area is 256 Å². The first-order valence-corrected chi connectivity index (χ1v) is 15.5. The number of phenols is 1. The zero-order valence-electron chi connectivity index (χ0n) is 24.3. The molecule has 3 heterocycles. The number of nitrogens with zero attached hydrogens (tertiary/aromatic N) is 5. The van der Waals surface area contributed by atoms with Crippen molar-refractivity contribution < 1.29 is 22.7 Å². The van der Waals surface area contributed by atoms with Crippen LogP contribution in [0.2, 0.25) is 0 Å². The summed E-state index contributed by atoms with van der Waals surface area (Å²) in [5, 5.41) is 19.2. The van der Waals surface area contributed by atoms with E-state index < -0.39 is 16.1 Å². The standard InChI is InChI=1S/C33H31N5O5S/c1-36-22-35-18-27(36)21-37-20-26(15-23-3-6-28(39)7-4-23)38(44(40,41)31-11-8-29(42-2)9-12-31)19-25-16-24(5-13-32(25)37)33-14-10-30(17-34)43-33/h3-14,16,18,22,26,39H,15,19-21H2,1-2H3/t26-/m1/s1. The van der Waals surface area contributed by atoms with E-state index >= 15 is 0 Å².